The van der Waals surface area contributed by atoms with Crippen molar-refractivity contribution in [3.63, 3.8) is 0 Å². The van der Waals surface area contributed by atoms with Crippen LogP contribution in [0.25, 0.3) is 0 Å². The average Bonchev–Trinajstić information content (AvgIpc) is 2.94. The second-order valence-electron chi connectivity index (χ2n) is 9.01. The van der Waals surface area contributed by atoms with Crippen LogP contribution in [0, 0.1) is 0 Å². The number of hydrogen-bond donors (Lipinski definition) is 0. The number of carbonyl (C=O) groups is 1. The van der Waals surface area contributed by atoms with Crippen molar-refractivity contribution in [3.8, 4) is 0 Å². The second-order valence-corrected chi connectivity index (χ2v) is 22.0. The summed E-state index contributed by atoms with van der Waals surface area (Å²) in [4.78, 5) is 13.2. The summed E-state index contributed by atoms with van der Waals surface area (Å²) in [7, 11) is 0. The zero-order valence-corrected chi connectivity index (χ0v) is 20.5. The molecule has 0 aromatic heterocycles. The van der Waals surface area contributed by atoms with Gasteiger partial charge in [-0.3, -0.25) is 0 Å². The van der Waals surface area contributed by atoms with Crippen LogP contribution in [0.15, 0.2) is 30.3 Å². The van der Waals surface area contributed by atoms with Gasteiger partial charge in [0, 0.05) is 0 Å². The molecule has 1 saturated heterocycles. The van der Waals surface area contributed by atoms with Crippen LogP contribution >= 0.6 is 0 Å². The molecule has 1 aromatic rings. The fourth-order valence-corrected chi connectivity index (χ4v) is 23.2. The predicted octanol–water partition coefficient (Wildman–Crippen LogP) is 6.30. The normalized spacial score (nSPS) is 26.2. The molecule has 4 heteroatoms. The molecule has 3 atom stereocenters. The number of esters is 1. The quantitative estimate of drug-likeness (QED) is 0.373. The van der Waals surface area contributed by atoms with Crippen molar-refractivity contribution in [2.24, 2.45) is 0 Å². The minimum atomic E-state index is -2.43. The standard InChI is InChI=1S/C23H38GeO3/c1-9-26-22(25)23(20-13-11-10-12-14-20)15-21(19(8)27-23)24(16(2)3,17(4)5)18(6)7/h10-14,16-19,21H,9,15H2,1-8H3/t19-,21+,23-/m0/s1. The molecular weight excluding hydrogens is 397 g/mol. The third kappa shape index (κ3) is 3.74. The van der Waals surface area contributed by atoms with Crippen LogP contribution in [-0.2, 0) is 19.9 Å². The number of hydrogen-bond acceptors (Lipinski definition) is 3. The summed E-state index contributed by atoms with van der Waals surface area (Å²) in [5, 5.41) is 0. The molecule has 0 unspecified atom stereocenters. The predicted molar refractivity (Wildman–Crippen MR) is 115 cm³/mol. The van der Waals surface area contributed by atoms with E-state index in [1.807, 2.05) is 37.3 Å². The first-order valence-corrected chi connectivity index (χ1v) is 15.4. The van der Waals surface area contributed by atoms with Crippen molar-refractivity contribution >= 4 is 19.2 Å². The molecule has 1 aromatic carbocycles. The molecule has 0 spiro atoms. The van der Waals surface area contributed by atoms with Gasteiger partial charge in [-0.15, -0.1) is 0 Å². The molecule has 0 amide bonds. The molecule has 3 nitrogen and oxygen atoms in total. The van der Waals surface area contributed by atoms with Crippen LogP contribution in [0.4, 0.5) is 0 Å². The number of carbonyl (C=O) groups excluding carboxylic acids is 1. The summed E-state index contributed by atoms with van der Waals surface area (Å²) in [6.45, 7) is 18.8. The van der Waals surface area contributed by atoms with E-state index in [1.54, 1.807) is 0 Å². The van der Waals surface area contributed by atoms with Gasteiger partial charge >= 0.3 is 169 Å². The van der Waals surface area contributed by atoms with E-state index in [-0.39, 0.29) is 12.1 Å². The van der Waals surface area contributed by atoms with Gasteiger partial charge in [0.1, 0.15) is 0 Å². The zero-order valence-electron chi connectivity index (χ0n) is 18.4. The molecule has 0 saturated carbocycles. The Balaban J connectivity index is 2.58. The van der Waals surface area contributed by atoms with Crippen LogP contribution in [-0.4, -0.2) is 31.9 Å². The summed E-state index contributed by atoms with van der Waals surface area (Å²) in [6, 6.07) is 9.98. The van der Waals surface area contributed by atoms with Gasteiger partial charge in [-0.1, -0.05) is 0 Å². The summed E-state index contributed by atoms with van der Waals surface area (Å²) in [5.41, 5.74) is -0.0263. The van der Waals surface area contributed by atoms with Gasteiger partial charge < -0.3 is 0 Å². The van der Waals surface area contributed by atoms with Gasteiger partial charge in [-0.2, -0.15) is 0 Å². The first-order chi connectivity index (χ1) is 12.6. The first kappa shape index (κ1) is 22.5. The van der Waals surface area contributed by atoms with E-state index in [0.717, 1.165) is 12.0 Å². The van der Waals surface area contributed by atoms with Crippen LogP contribution in [0.2, 0.25) is 19.0 Å². The molecule has 152 valence electrons. The van der Waals surface area contributed by atoms with E-state index in [0.29, 0.717) is 25.6 Å². The topological polar surface area (TPSA) is 35.5 Å². The Hall–Kier alpha value is -0.807. The van der Waals surface area contributed by atoms with Crippen LogP contribution < -0.4 is 0 Å². The van der Waals surface area contributed by atoms with E-state index in [4.69, 9.17) is 9.47 Å². The summed E-state index contributed by atoms with van der Waals surface area (Å²) < 4.78 is 14.6. The molecule has 0 radical (unpaired) electrons. The maximum absolute atomic E-state index is 13.2. The maximum atomic E-state index is 13.2. The van der Waals surface area contributed by atoms with Crippen molar-refractivity contribution in [2.75, 3.05) is 6.61 Å². The number of ether oxygens (including phenoxy) is 2. The molecule has 1 heterocycles. The van der Waals surface area contributed by atoms with E-state index in [1.165, 1.54) is 0 Å². The Kier molecular flexibility index (Phi) is 7.24. The molecule has 1 aliphatic rings. The Morgan fingerprint density at radius 2 is 1.63 bits per heavy atom. The first-order valence-electron chi connectivity index (χ1n) is 10.5. The molecule has 1 aliphatic heterocycles. The van der Waals surface area contributed by atoms with Crippen molar-refractivity contribution in [1.29, 1.82) is 0 Å². The van der Waals surface area contributed by atoms with E-state index >= 15 is 0 Å². The second kappa shape index (κ2) is 8.69. The number of rotatable bonds is 7. The molecule has 0 aliphatic carbocycles. The third-order valence-corrected chi connectivity index (χ3v) is 23.6. The van der Waals surface area contributed by atoms with Crippen molar-refractivity contribution in [1.82, 2.24) is 0 Å². The zero-order chi connectivity index (χ0) is 20.4. The van der Waals surface area contributed by atoms with Gasteiger partial charge in [0.2, 0.25) is 0 Å². The van der Waals surface area contributed by atoms with Gasteiger partial charge in [-0.05, 0) is 0 Å². The third-order valence-electron chi connectivity index (χ3n) is 6.95. The van der Waals surface area contributed by atoms with E-state index in [9.17, 15) is 4.79 Å². The van der Waals surface area contributed by atoms with E-state index < -0.39 is 18.9 Å². The molecule has 1 fully saturated rings. The number of benzene rings is 1. The Labute approximate surface area is 168 Å². The fourth-order valence-electron chi connectivity index (χ4n) is 6.18. The van der Waals surface area contributed by atoms with E-state index in [2.05, 4.69) is 48.5 Å². The summed E-state index contributed by atoms with van der Waals surface area (Å²) in [6.07, 6.45) is 0.827. The van der Waals surface area contributed by atoms with Crippen LogP contribution in [0.5, 0.6) is 0 Å². The van der Waals surface area contributed by atoms with Gasteiger partial charge in [-0.25, -0.2) is 0 Å². The summed E-state index contributed by atoms with van der Waals surface area (Å²) >= 11 is -2.43. The minimum absolute atomic E-state index is 0.0711. The van der Waals surface area contributed by atoms with Crippen LogP contribution in [0.1, 0.15) is 67.4 Å². The van der Waals surface area contributed by atoms with Crippen LogP contribution in [0.3, 0.4) is 0 Å². The molecule has 27 heavy (non-hydrogen) atoms. The average molecular weight is 435 g/mol. The Morgan fingerprint density at radius 3 is 2.07 bits per heavy atom. The molecule has 0 N–H and O–H groups in total. The van der Waals surface area contributed by atoms with Gasteiger partial charge in [0.15, 0.2) is 0 Å². The molecular formula is C23H38GeO3. The molecule has 2 rings (SSSR count). The Bertz CT molecular complexity index is 604. The monoisotopic (exact) mass is 436 g/mol. The van der Waals surface area contributed by atoms with Gasteiger partial charge in [0.25, 0.3) is 0 Å². The SMILES string of the molecule is CCOC(=O)[C@@]1(c2ccccc2)C[C@@H]([Ge]([CH](C)C)([CH](C)C)[CH](C)C)[C@H](C)O1. The fraction of sp³-hybridized carbons (Fsp3) is 0.696. The Morgan fingerprint density at radius 1 is 1.11 bits per heavy atom. The summed E-state index contributed by atoms with van der Waals surface area (Å²) in [5.74, 6) is -0.224. The van der Waals surface area contributed by atoms with Crippen molar-refractivity contribution < 1.29 is 14.3 Å². The van der Waals surface area contributed by atoms with Crippen molar-refractivity contribution in [2.45, 2.75) is 92.5 Å². The molecule has 0 bridgehead atoms. The van der Waals surface area contributed by atoms with Gasteiger partial charge in [0.05, 0.1) is 0 Å². The van der Waals surface area contributed by atoms with Crippen molar-refractivity contribution in [3.05, 3.63) is 35.9 Å².